The molecule has 0 radical (unpaired) electrons. The molecule has 0 aromatic carbocycles. The van der Waals surface area contributed by atoms with Gasteiger partial charge in [-0.1, -0.05) is 0 Å². The maximum Gasteiger partial charge on any atom is 0.329 e. The van der Waals surface area contributed by atoms with Crippen molar-refractivity contribution < 1.29 is 34.8 Å². The van der Waals surface area contributed by atoms with E-state index in [1.165, 1.54) is 24.9 Å². The summed E-state index contributed by atoms with van der Waals surface area (Å²) < 4.78 is 6.81. The predicted molar refractivity (Wildman–Crippen MR) is 99.9 cm³/mol. The average Bonchev–Trinajstić information content (AvgIpc) is 3.27. The highest BCUT2D eigenvalue weighted by Crippen LogP contribution is 2.32. The van der Waals surface area contributed by atoms with Gasteiger partial charge in [-0.2, -0.15) is 0 Å². The number of ether oxygens (including phenoxy) is 1. The number of nitrogens with zero attached hydrogens (tertiary/aromatic N) is 5. The van der Waals surface area contributed by atoms with Crippen LogP contribution in [0.1, 0.15) is 13.2 Å². The molecule has 14 heteroatoms. The summed E-state index contributed by atoms with van der Waals surface area (Å²) in [5.74, 6) is -0.828. The number of nitrogens with two attached hydrogens (primary N) is 1. The highest BCUT2D eigenvalue weighted by Gasteiger charge is 2.44. The zero-order valence-electron chi connectivity index (χ0n) is 16.2. The predicted octanol–water partition coefficient (Wildman–Crippen LogP) is -3.18. The van der Waals surface area contributed by atoms with Gasteiger partial charge in [0.2, 0.25) is 5.91 Å². The molecular formula is C16H23N7O7. The molecule has 1 fully saturated rings. The van der Waals surface area contributed by atoms with Gasteiger partial charge >= 0.3 is 6.03 Å². The summed E-state index contributed by atoms with van der Waals surface area (Å²) in [6, 6.07) is -2.16. The second-order valence-electron chi connectivity index (χ2n) is 6.87. The lowest BCUT2D eigenvalue weighted by molar-refractivity contribution is -0.123. The first kappa shape index (κ1) is 21.9. The van der Waals surface area contributed by atoms with Gasteiger partial charge in [-0.05, 0) is 6.92 Å². The van der Waals surface area contributed by atoms with Crippen LogP contribution in [0.3, 0.4) is 0 Å². The fourth-order valence-corrected chi connectivity index (χ4v) is 2.97. The van der Waals surface area contributed by atoms with Crippen LogP contribution in [0.25, 0.3) is 11.2 Å². The Kier molecular flexibility index (Phi) is 6.25. The molecule has 1 aliphatic rings. The number of anilines is 1. The molecule has 30 heavy (non-hydrogen) atoms. The second-order valence-corrected chi connectivity index (χ2v) is 6.87. The second kappa shape index (κ2) is 8.55. The van der Waals surface area contributed by atoms with Crippen LogP contribution in [0.5, 0.6) is 0 Å². The van der Waals surface area contributed by atoms with Crippen LogP contribution in [-0.4, -0.2) is 96.0 Å². The zero-order chi connectivity index (χ0) is 22.2. The van der Waals surface area contributed by atoms with Crippen molar-refractivity contribution in [3.63, 3.8) is 0 Å². The number of aliphatic hydroxyl groups excluding tert-OH is 4. The van der Waals surface area contributed by atoms with E-state index < -0.39 is 55.2 Å². The molecule has 0 bridgehead atoms. The summed E-state index contributed by atoms with van der Waals surface area (Å²) in [5.41, 5.74) is 5.84. The molecule has 1 saturated heterocycles. The van der Waals surface area contributed by atoms with E-state index in [-0.39, 0.29) is 17.0 Å². The highest BCUT2D eigenvalue weighted by molar-refractivity contribution is 6.06. The van der Waals surface area contributed by atoms with Crippen LogP contribution < -0.4 is 16.0 Å². The van der Waals surface area contributed by atoms with Gasteiger partial charge in [0, 0.05) is 7.05 Å². The molecule has 3 heterocycles. The Bertz CT molecular complexity index is 936. The number of amides is 3. The number of urea groups is 1. The lowest BCUT2D eigenvalue weighted by atomic mass is 10.1. The zero-order valence-corrected chi connectivity index (χ0v) is 16.2. The van der Waals surface area contributed by atoms with E-state index in [0.29, 0.717) is 0 Å². The number of hydrogen-bond donors (Lipinski definition) is 6. The molecule has 14 nitrogen and oxygen atoms in total. The smallest absolute Gasteiger partial charge is 0.329 e. The molecule has 0 saturated carbocycles. The molecule has 2 unspecified atom stereocenters. The summed E-state index contributed by atoms with van der Waals surface area (Å²) in [6.45, 7) is 0.823. The van der Waals surface area contributed by atoms with Gasteiger partial charge in [0.15, 0.2) is 23.2 Å². The monoisotopic (exact) mass is 425 g/mol. The average molecular weight is 425 g/mol. The summed E-state index contributed by atoms with van der Waals surface area (Å²) in [4.78, 5) is 37.6. The number of imidazole rings is 1. The maximum absolute atomic E-state index is 12.4. The van der Waals surface area contributed by atoms with Crippen molar-refractivity contribution in [1.82, 2.24) is 24.8 Å². The third-order valence-electron chi connectivity index (χ3n) is 4.81. The molecule has 0 spiro atoms. The van der Waals surface area contributed by atoms with E-state index in [9.17, 15) is 30.0 Å². The molecule has 6 atom stereocenters. The van der Waals surface area contributed by atoms with E-state index in [2.05, 4.69) is 20.3 Å². The highest BCUT2D eigenvalue weighted by atomic mass is 16.6. The lowest BCUT2D eigenvalue weighted by Crippen LogP contribution is -2.52. The molecule has 3 amide bonds. The lowest BCUT2D eigenvalue weighted by Gasteiger charge is -2.19. The molecule has 3 rings (SSSR count). The Morgan fingerprint density at radius 2 is 2.03 bits per heavy atom. The number of rotatable bonds is 5. The molecule has 1 aliphatic heterocycles. The molecule has 7 N–H and O–H groups in total. The Balaban J connectivity index is 1.87. The Morgan fingerprint density at radius 3 is 2.63 bits per heavy atom. The molecule has 2 aromatic rings. The fraction of sp³-hybridized carbons (Fsp3) is 0.562. The standard InChI is InChI=1S/C16H23N7O7/c1-6(25)8(17)14(28)21-16(29)22(2)12-9-13(19-4-18-12)23(5-20-9)15-11(27)10(26)7(3-24)30-15/h4-8,10-11,15,24-27H,3,17H2,1-2H3,(H,21,28,29)/t6?,7-,8?,10-,11-,15-/m1/s1. The Morgan fingerprint density at radius 1 is 1.33 bits per heavy atom. The normalized spacial score (nSPS) is 25.8. The molecule has 164 valence electrons. The topological polar surface area (TPSA) is 209 Å². The van der Waals surface area contributed by atoms with Gasteiger partial charge in [0.25, 0.3) is 0 Å². The summed E-state index contributed by atoms with van der Waals surface area (Å²) in [7, 11) is 1.34. The van der Waals surface area contributed by atoms with Crippen LogP contribution in [0.2, 0.25) is 0 Å². The minimum absolute atomic E-state index is 0.0430. The van der Waals surface area contributed by atoms with Crippen molar-refractivity contribution >= 4 is 28.9 Å². The number of aromatic nitrogens is 4. The molecular weight excluding hydrogens is 402 g/mol. The van der Waals surface area contributed by atoms with E-state index in [0.717, 1.165) is 11.2 Å². The van der Waals surface area contributed by atoms with Crippen LogP contribution in [0.4, 0.5) is 10.6 Å². The first-order chi connectivity index (χ1) is 14.2. The van der Waals surface area contributed by atoms with E-state index in [1.54, 1.807) is 0 Å². The quantitative estimate of drug-likeness (QED) is 0.281. The first-order valence-electron chi connectivity index (χ1n) is 8.99. The van der Waals surface area contributed by atoms with Crippen molar-refractivity contribution in [3.05, 3.63) is 12.7 Å². The van der Waals surface area contributed by atoms with Crippen LogP contribution in [-0.2, 0) is 9.53 Å². The van der Waals surface area contributed by atoms with Gasteiger partial charge in [0.1, 0.15) is 30.7 Å². The number of nitrogens with one attached hydrogen (secondary N) is 1. The SMILES string of the molecule is CC(O)C(N)C(=O)NC(=O)N(C)c1ncnc2c1ncn2[C@@H]1O[C@H](CO)[C@@H](O)[C@H]1O. The van der Waals surface area contributed by atoms with Gasteiger partial charge in [-0.15, -0.1) is 0 Å². The van der Waals surface area contributed by atoms with Crippen molar-refractivity contribution in [2.45, 2.75) is 43.6 Å². The Hall–Kier alpha value is -2.75. The van der Waals surface area contributed by atoms with Crippen LogP contribution >= 0.6 is 0 Å². The van der Waals surface area contributed by atoms with Crippen molar-refractivity contribution in [2.24, 2.45) is 5.73 Å². The molecule has 0 aliphatic carbocycles. The number of carbonyl (C=O) groups excluding carboxylic acids is 2. The number of fused-ring (bicyclic) bond motifs is 1. The van der Waals surface area contributed by atoms with E-state index >= 15 is 0 Å². The first-order valence-corrected chi connectivity index (χ1v) is 8.99. The van der Waals surface area contributed by atoms with Crippen LogP contribution in [0, 0.1) is 0 Å². The third kappa shape index (κ3) is 3.83. The fourth-order valence-electron chi connectivity index (χ4n) is 2.97. The van der Waals surface area contributed by atoms with Gasteiger partial charge in [0.05, 0.1) is 19.0 Å². The number of hydrogen-bond acceptors (Lipinski definition) is 11. The maximum atomic E-state index is 12.4. The summed E-state index contributed by atoms with van der Waals surface area (Å²) in [6.07, 6.45) is -3.44. The van der Waals surface area contributed by atoms with Gasteiger partial charge < -0.3 is 30.9 Å². The number of imide groups is 1. The third-order valence-corrected chi connectivity index (χ3v) is 4.81. The summed E-state index contributed by atoms with van der Waals surface area (Å²) >= 11 is 0. The van der Waals surface area contributed by atoms with Crippen molar-refractivity contribution in [2.75, 3.05) is 18.6 Å². The minimum atomic E-state index is -1.35. The van der Waals surface area contributed by atoms with Crippen LogP contribution in [0.15, 0.2) is 12.7 Å². The Labute approximate surface area is 169 Å². The van der Waals surface area contributed by atoms with Crippen molar-refractivity contribution in [1.29, 1.82) is 0 Å². The van der Waals surface area contributed by atoms with E-state index in [4.69, 9.17) is 10.5 Å². The van der Waals surface area contributed by atoms with E-state index in [1.807, 2.05) is 0 Å². The number of aliphatic hydroxyl groups is 4. The number of carbonyl (C=O) groups is 2. The van der Waals surface area contributed by atoms with Gasteiger partial charge in [-0.3, -0.25) is 19.6 Å². The van der Waals surface area contributed by atoms with Crippen molar-refractivity contribution in [3.8, 4) is 0 Å². The summed E-state index contributed by atoms with van der Waals surface area (Å²) in [5, 5.41) is 40.9. The molecule has 2 aromatic heterocycles. The van der Waals surface area contributed by atoms with Gasteiger partial charge in [-0.25, -0.2) is 19.7 Å². The minimum Gasteiger partial charge on any atom is -0.394 e. The largest absolute Gasteiger partial charge is 0.394 e.